The van der Waals surface area contributed by atoms with Crippen molar-refractivity contribution in [2.24, 2.45) is 11.1 Å². The van der Waals surface area contributed by atoms with E-state index in [1.807, 2.05) is 13.8 Å². The van der Waals surface area contributed by atoms with Crippen molar-refractivity contribution >= 4 is 34.2 Å². The summed E-state index contributed by atoms with van der Waals surface area (Å²) in [6.07, 6.45) is 0.603. The van der Waals surface area contributed by atoms with Crippen LogP contribution in [-0.2, 0) is 19.6 Å². The SMILES string of the molecule is CC(C)NC(=O)CNS(=O)(=O)CCC(=O)N1CCC(N)C(C)(C)C1.Cl. The van der Waals surface area contributed by atoms with Gasteiger partial charge in [0.25, 0.3) is 0 Å². The Hall–Kier alpha value is -0.900. The van der Waals surface area contributed by atoms with E-state index < -0.39 is 15.9 Å². The molecule has 0 bridgehead atoms. The van der Waals surface area contributed by atoms with Gasteiger partial charge in [0.1, 0.15) is 0 Å². The second-order valence-corrected chi connectivity index (χ2v) is 9.24. The molecule has 4 N–H and O–H groups in total. The molecule has 1 aliphatic rings. The fraction of sp³-hybridized carbons (Fsp3) is 0.867. The topological polar surface area (TPSA) is 122 Å². The first kappa shape index (κ1) is 24.1. The van der Waals surface area contributed by atoms with Gasteiger partial charge in [0.2, 0.25) is 21.8 Å². The summed E-state index contributed by atoms with van der Waals surface area (Å²) in [5.74, 6) is -0.928. The molecular formula is C15H31ClN4O4S. The molecule has 0 saturated carbocycles. The van der Waals surface area contributed by atoms with Crippen LogP contribution in [0.2, 0.25) is 0 Å². The van der Waals surface area contributed by atoms with Gasteiger partial charge in [-0.15, -0.1) is 12.4 Å². The second-order valence-electron chi connectivity index (χ2n) is 7.31. The van der Waals surface area contributed by atoms with E-state index in [4.69, 9.17) is 5.73 Å². The highest BCUT2D eigenvalue weighted by Gasteiger charge is 2.35. The number of nitrogens with two attached hydrogens (primary N) is 1. The summed E-state index contributed by atoms with van der Waals surface area (Å²) in [5.41, 5.74) is 5.86. The van der Waals surface area contributed by atoms with Crippen LogP contribution < -0.4 is 15.8 Å². The number of carbonyl (C=O) groups is 2. The number of hydrogen-bond acceptors (Lipinski definition) is 5. The molecule has 8 nitrogen and oxygen atoms in total. The van der Waals surface area contributed by atoms with Gasteiger partial charge in [-0.1, -0.05) is 13.8 Å². The number of nitrogens with zero attached hydrogens (tertiary/aromatic N) is 1. The van der Waals surface area contributed by atoms with Gasteiger partial charge in [-0.05, 0) is 25.7 Å². The summed E-state index contributed by atoms with van der Waals surface area (Å²) in [4.78, 5) is 25.4. The minimum Gasteiger partial charge on any atom is -0.353 e. The number of sulfonamides is 1. The van der Waals surface area contributed by atoms with Crippen LogP contribution in [0.15, 0.2) is 0 Å². The first-order chi connectivity index (χ1) is 10.9. The molecule has 25 heavy (non-hydrogen) atoms. The van der Waals surface area contributed by atoms with Crippen LogP contribution in [0.3, 0.4) is 0 Å². The number of piperidine rings is 1. The third-order valence-electron chi connectivity index (χ3n) is 4.15. The fourth-order valence-corrected chi connectivity index (χ4v) is 3.53. The quantitative estimate of drug-likeness (QED) is 0.549. The number of halogens is 1. The molecule has 1 saturated heterocycles. The molecule has 1 unspecified atom stereocenters. The maximum atomic E-state index is 12.2. The molecule has 10 heteroatoms. The summed E-state index contributed by atoms with van der Waals surface area (Å²) in [6.45, 7) is 8.34. The Balaban J connectivity index is 0.00000576. The average Bonchev–Trinajstić information content (AvgIpc) is 2.45. The molecule has 0 spiro atoms. The highest BCUT2D eigenvalue weighted by Crippen LogP contribution is 2.27. The van der Waals surface area contributed by atoms with E-state index in [2.05, 4.69) is 10.0 Å². The van der Waals surface area contributed by atoms with Gasteiger partial charge in [-0.2, -0.15) is 0 Å². The van der Waals surface area contributed by atoms with Crippen molar-refractivity contribution in [2.45, 2.75) is 52.6 Å². The smallest absolute Gasteiger partial charge is 0.235 e. The predicted molar refractivity (Wildman–Crippen MR) is 99.9 cm³/mol. The number of nitrogens with one attached hydrogen (secondary N) is 2. The normalized spacial score (nSPS) is 20.1. The molecule has 1 aliphatic heterocycles. The van der Waals surface area contributed by atoms with Crippen molar-refractivity contribution < 1.29 is 18.0 Å². The third kappa shape index (κ3) is 8.35. The lowest BCUT2D eigenvalue weighted by Crippen LogP contribution is -2.54. The fourth-order valence-electron chi connectivity index (χ4n) is 2.59. The Kier molecular flexibility index (Phi) is 9.35. The lowest BCUT2D eigenvalue weighted by atomic mass is 9.79. The molecule has 1 fully saturated rings. The van der Waals surface area contributed by atoms with Crippen molar-refractivity contribution in [3.8, 4) is 0 Å². The van der Waals surface area contributed by atoms with E-state index in [-0.39, 0.29) is 54.5 Å². The van der Waals surface area contributed by atoms with Gasteiger partial charge in [-0.25, -0.2) is 13.1 Å². The lowest BCUT2D eigenvalue weighted by Gasteiger charge is -2.42. The molecule has 1 heterocycles. The zero-order valence-electron chi connectivity index (χ0n) is 15.4. The van der Waals surface area contributed by atoms with Crippen molar-refractivity contribution in [3.05, 3.63) is 0 Å². The summed E-state index contributed by atoms with van der Waals surface area (Å²) in [6, 6.07) is -0.0242. The molecule has 1 rings (SSSR count). The Morgan fingerprint density at radius 3 is 2.44 bits per heavy atom. The van der Waals surface area contributed by atoms with Gasteiger partial charge in [0.15, 0.2) is 0 Å². The monoisotopic (exact) mass is 398 g/mol. The van der Waals surface area contributed by atoms with Gasteiger partial charge in [0, 0.05) is 31.6 Å². The molecule has 1 atom stereocenters. The molecule has 0 aliphatic carbocycles. The largest absolute Gasteiger partial charge is 0.353 e. The summed E-state index contributed by atoms with van der Waals surface area (Å²) in [7, 11) is -3.67. The molecule has 148 valence electrons. The molecule has 0 aromatic carbocycles. The van der Waals surface area contributed by atoms with Crippen LogP contribution in [0.25, 0.3) is 0 Å². The van der Waals surface area contributed by atoms with E-state index in [1.165, 1.54) is 0 Å². The van der Waals surface area contributed by atoms with Gasteiger partial charge in [0.05, 0.1) is 12.3 Å². The second kappa shape index (κ2) is 9.70. The molecule has 2 amide bonds. The standard InChI is InChI=1S/C15H30N4O4S.ClH/c1-11(2)18-13(20)9-17-24(22,23)8-6-14(21)19-7-5-12(16)15(3,4)10-19;/h11-12,17H,5-10,16H2,1-4H3,(H,18,20);1H. The van der Waals surface area contributed by atoms with E-state index in [9.17, 15) is 18.0 Å². The van der Waals surface area contributed by atoms with Gasteiger partial charge < -0.3 is 16.0 Å². The van der Waals surface area contributed by atoms with Crippen molar-refractivity contribution in [1.82, 2.24) is 14.9 Å². The van der Waals surface area contributed by atoms with Crippen molar-refractivity contribution in [1.29, 1.82) is 0 Å². The summed E-state index contributed by atoms with van der Waals surface area (Å²) in [5, 5.41) is 2.59. The van der Waals surface area contributed by atoms with Crippen LogP contribution in [0, 0.1) is 5.41 Å². The van der Waals surface area contributed by atoms with Gasteiger partial charge >= 0.3 is 0 Å². The summed E-state index contributed by atoms with van der Waals surface area (Å²) >= 11 is 0. The van der Waals surface area contributed by atoms with Crippen LogP contribution in [0.1, 0.15) is 40.5 Å². The van der Waals surface area contributed by atoms with E-state index >= 15 is 0 Å². The Bertz CT molecular complexity index is 566. The molecule has 0 aromatic heterocycles. The highest BCUT2D eigenvalue weighted by atomic mass is 35.5. The van der Waals surface area contributed by atoms with Crippen LogP contribution in [-0.4, -0.2) is 62.6 Å². The first-order valence-corrected chi connectivity index (χ1v) is 9.88. The van der Waals surface area contributed by atoms with Crippen LogP contribution in [0.5, 0.6) is 0 Å². The van der Waals surface area contributed by atoms with E-state index in [1.54, 1.807) is 18.7 Å². The number of amides is 2. The maximum absolute atomic E-state index is 12.2. The van der Waals surface area contributed by atoms with E-state index in [0.717, 1.165) is 0 Å². The number of likely N-dealkylation sites (tertiary alicyclic amines) is 1. The predicted octanol–water partition coefficient (Wildman–Crippen LogP) is -0.172. The zero-order valence-corrected chi connectivity index (χ0v) is 17.0. The maximum Gasteiger partial charge on any atom is 0.235 e. The molecule has 0 radical (unpaired) electrons. The number of hydrogen-bond donors (Lipinski definition) is 3. The Morgan fingerprint density at radius 1 is 1.32 bits per heavy atom. The van der Waals surface area contributed by atoms with Gasteiger partial charge in [-0.3, -0.25) is 9.59 Å². The van der Waals surface area contributed by atoms with E-state index in [0.29, 0.717) is 19.5 Å². The highest BCUT2D eigenvalue weighted by molar-refractivity contribution is 7.89. The van der Waals surface area contributed by atoms with Crippen molar-refractivity contribution in [2.75, 3.05) is 25.4 Å². The zero-order chi connectivity index (χ0) is 18.5. The Labute approximate surface area is 156 Å². The Morgan fingerprint density at radius 2 is 1.92 bits per heavy atom. The third-order valence-corrected chi connectivity index (χ3v) is 5.48. The van der Waals surface area contributed by atoms with Crippen molar-refractivity contribution in [3.63, 3.8) is 0 Å². The minimum absolute atomic E-state index is 0. The average molecular weight is 399 g/mol. The number of carbonyl (C=O) groups excluding carboxylic acids is 2. The lowest BCUT2D eigenvalue weighted by molar-refractivity contribution is -0.134. The van der Waals surface area contributed by atoms with Crippen LogP contribution >= 0.6 is 12.4 Å². The first-order valence-electron chi connectivity index (χ1n) is 8.23. The number of rotatable bonds is 7. The van der Waals surface area contributed by atoms with Crippen LogP contribution in [0.4, 0.5) is 0 Å². The minimum atomic E-state index is -3.67. The molecule has 0 aromatic rings. The molecular weight excluding hydrogens is 368 g/mol. The summed E-state index contributed by atoms with van der Waals surface area (Å²) < 4.78 is 26.0.